The van der Waals surface area contributed by atoms with Crippen molar-refractivity contribution in [3.05, 3.63) is 12.2 Å². The topological polar surface area (TPSA) is 91.2 Å². The van der Waals surface area contributed by atoms with Crippen molar-refractivity contribution in [3.63, 3.8) is 0 Å². The SMILES string of the molecule is C#C[C@]1(CC)O[C@@H](n2cnc3c(NC(=O)OC(C)(C)C)nc(C)nc32)C[C@@H]1C. The summed E-state index contributed by atoms with van der Waals surface area (Å²) in [4.78, 5) is 25.4. The van der Waals surface area contributed by atoms with Crippen LogP contribution in [0.5, 0.6) is 0 Å². The van der Waals surface area contributed by atoms with E-state index in [4.69, 9.17) is 15.9 Å². The van der Waals surface area contributed by atoms with Crippen molar-refractivity contribution >= 4 is 23.1 Å². The molecule has 150 valence electrons. The quantitative estimate of drug-likeness (QED) is 0.808. The second kappa shape index (κ2) is 7.06. The van der Waals surface area contributed by atoms with E-state index in [9.17, 15) is 4.79 Å². The summed E-state index contributed by atoms with van der Waals surface area (Å²) in [5.41, 5.74) is -0.153. The van der Waals surface area contributed by atoms with E-state index < -0.39 is 17.3 Å². The fraction of sp³-hybridized carbons (Fsp3) is 0.600. The van der Waals surface area contributed by atoms with Gasteiger partial charge in [-0.2, -0.15) is 0 Å². The number of hydrogen-bond acceptors (Lipinski definition) is 6. The Balaban J connectivity index is 1.95. The van der Waals surface area contributed by atoms with Gasteiger partial charge >= 0.3 is 6.09 Å². The molecule has 1 N–H and O–H groups in total. The number of aryl methyl sites for hydroxylation is 1. The molecule has 2 aromatic rings. The summed E-state index contributed by atoms with van der Waals surface area (Å²) in [6.07, 6.45) is 8.03. The number of fused-ring (bicyclic) bond motifs is 1. The zero-order valence-corrected chi connectivity index (χ0v) is 17.2. The molecule has 8 nitrogen and oxygen atoms in total. The number of hydrogen-bond donors (Lipinski definition) is 1. The third-order valence-electron chi connectivity index (χ3n) is 4.93. The largest absolute Gasteiger partial charge is 0.444 e. The third kappa shape index (κ3) is 3.67. The second-order valence-corrected chi connectivity index (χ2v) is 8.17. The minimum atomic E-state index is -0.614. The molecule has 0 saturated carbocycles. The number of nitrogens with zero attached hydrogens (tertiary/aromatic N) is 4. The molecule has 1 amide bonds. The first-order valence-corrected chi connectivity index (χ1v) is 9.45. The molecule has 3 heterocycles. The van der Waals surface area contributed by atoms with E-state index in [-0.39, 0.29) is 12.1 Å². The van der Waals surface area contributed by atoms with Gasteiger partial charge in [0.15, 0.2) is 17.0 Å². The zero-order valence-electron chi connectivity index (χ0n) is 17.2. The van der Waals surface area contributed by atoms with Crippen molar-refractivity contribution in [1.29, 1.82) is 0 Å². The smallest absolute Gasteiger partial charge is 0.413 e. The Bertz CT molecular complexity index is 940. The molecule has 8 heteroatoms. The van der Waals surface area contributed by atoms with Crippen LogP contribution in [0.2, 0.25) is 0 Å². The van der Waals surface area contributed by atoms with Gasteiger partial charge in [0.1, 0.15) is 23.3 Å². The van der Waals surface area contributed by atoms with Crippen LogP contribution in [0.25, 0.3) is 11.2 Å². The summed E-state index contributed by atoms with van der Waals surface area (Å²) in [5, 5.41) is 2.67. The average Bonchev–Trinajstić information content (AvgIpc) is 3.14. The van der Waals surface area contributed by atoms with E-state index in [0.717, 1.165) is 12.8 Å². The maximum atomic E-state index is 12.2. The Kier molecular flexibility index (Phi) is 5.06. The molecule has 0 bridgehead atoms. The summed E-state index contributed by atoms with van der Waals surface area (Å²) in [7, 11) is 0. The van der Waals surface area contributed by atoms with Crippen LogP contribution in [0.1, 0.15) is 59.5 Å². The normalized spacial score (nSPS) is 24.9. The van der Waals surface area contributed by atoms with Crippen molar-refractivity contribution in [2.75, 3.05) is 5.32 Å². The van der Waals surface area contributed by atoms with Crippen LogP contribution in [0.15, 0.2) is 6.33 Å². The number of aromatic nitrogens is 4. The van der Waals surface area contributed by atoms with E-state index in [2.05, 4.69) is 33.1 Å². The molecule has 2 aromatic heterocycles. The van der Waals surface area contributed by atoms with Crippen molar-refractivity contribution < 1.29 is 14.3 Å². The fourth-order valence-corrected chi connectivity index (χ4v) is 3.50. The van der Waals surface area contributed by atoms with Gasteiger partial charge in [-0.25, -0.2) is 19.7 Å². The highest BCUT2D eigenvalue weighted by atomic mass is 16.6. The Labute approximate surface area is 165 Å². The van der Waals surface area contributed by atoms with E-state index in [1.54, 1.807) is 34.0 Å². The van der Waals surface area contributed by atoms with Crippen LogP contribution in [-0.4, -0.2) is 36.8 Å². The first-order chi connectivity index (χ1) is 13.1. The summed E-state index contributed by atoms with van der Waals surface area (Å²) in [6.45, 7) is 11.3. The van der Waals surface area contributed by atoms with E-state index >= 15 is 0 Å². The van der Waals surface area contributed by atoms with Crippen LogP contribution in [0.3, 0.4) is 0 Å². The predicted octanol–water partition coefficient (Wildman–Crippen LogP) is 3.82. The van der Waals surface area contributed by atoms with Gasteiger partial charge in [-0.05, 0) is 40.5 Å². The monoisotopic (exact) mass is 385 g/mol. The lowest BCUT2D eigenvalue weighted by Crippen LogP contribution is -2.31. The van der Waals surface area contributed by atoms with Crippen LogP contribution >= 0.6 is 0 Å². The van der Waals surface area contributed by atoms with Crippen molar-refractivity contribution in [2.45, 2.75) is 71.8 Å². The molecular weight excluding hydrogens is 358 g/mol. The van der Waals surface area contributed by atoms with Crippen molar-refractivity contribution in [3.8, 4) is 12.3 Å². The molecule has 1 fully saturated rings. The molecule has 0 aliphatic carbocycles. The molecule has 3 rings (SSSR count). The fourth-order valence-electron chi connectivity index (χ4n) is 3.50. The Morgan fingerprint density at radius 1 is 1.50 bits per heavy atom. The lowest BCUT2D eigenvalue weighted by atomic mass is 9.87. The van der Waals surface area contributed by atoms with Gasteiger partial charge in [0.05, 0.1) is 6.33 Å². The maximum absolute atomic E-state index is 12.2. The van der Waals surface area contributed by atoms with Crippen LogP contribution in [0.4, 0.5) is 10.6 Å². The average molecular weight is 385 g/mol. The number of anilines is 1. The van der Waals surface area contributed by atoms with Crippen molar-refractivity contribution in [1.82, 2.24) is 19.5 Å². The highest BCUT2D eigenvalue weighted by Gasteiger charge is 2.45. The molecule has 28 heavy (non-hydrogen) atoms. The van der Waals surface area contributed by atoms with Gasteiger partial charge in [-0.3, -0.25) is 9.88 Å². The van der Waals surface area contributed by atoms with E-state index in [1.807, 2.05) is 11.5 Å². The molecule has 1 aliphatic heterocycles. The van der Waals surface area contributed by atoms with Crippen LogP contribution < -0.4 is 5.32 Å². The highest BCUT2D eigenvalue weighted by Crippen LogP contribution is 2.43. The first kappa shape index (κ1) is 20.1. The molecule has 0 radical (unpaired) electrons. The molecule has 0 spiro atoms. The predicted molar refractivity (Wildman–Crippen MR) is 106 cm³/mol. The number of imidazole rings is 1. The zero-order chi connectivity index (χ0) is 20.7. The lowest BCUT2D eigenvalue weighted by molar-refractivity contribution is -0.0465. The molecule has 1 aliphatic rings. The van der Waals surface area contributed by atoms with E-state index in [1.165, 1.54) is 0 Å². The first-order valence-electron chi connectivity index (χ1n) is 9.45. The number of carbonyl (C=O) groups is 1. The molecule has 0 aromatic carbocycles. The Morgan fingerprint density at radius 2 is 2.21 bits per heavy atom. The van der Waals surface area contributed by atoms with Gasteiger partial charge in [0.25, 0.3) is 0 Å². The number of terminal acetylenes is 1. The van der Waals surface area contributed by atoms with Crippen LogP contribution in [0, 0.1) is 25.2 Å². The van der Waals surface area contributed by atoms with Gasteiger partial charge in [-0.1, -0.05) is 19.8 Å². The Morgan fingerprint density at radius 3 is 2.79 bits per heavy atom. The summed E-state index contributed by atoms with van der Waals surface area (Å²) >= 11 is 0. The highest BCUT2D eigenvalue weighted by molar-refractivity contribution is 5.93. The number of carbonyl (C=O) groups excluding carboxylic acids is 1. The number of amides is 1. The number of rotatable bonds is 3. The van der Waals surface area contributed by atoms with Crippen LogP contribution in [-0.2, 0) is 9.47 Å². The number of nitrogens with one attached hydrogen (secondary N) is 1. The summed E-state index contributed by atoms with van der Waals surface area (Å²) in [6, 6.07) is 0. The standard InChI is InChI=1S/C20H27N5O3/c1-8-20(9-2)12(3)10-14(27-20)25-11-21-15-16(22-13(4)23-17(15)25)24-18(26)28-19(5,6)7/h1,11-12,14H,9-10H2,2-7H3,(H,22,23,24,26)/t12-,14+,20+/m0/s1. The van der Waals surface area contributed by atoms with Gasteiger partial charge in [0.2, 0.25) is 0 Å². The molecule has 3 atom stereocenters. The third-order valence-corrected chi connectivity index (χ3v) is 4.93. The summed E-state index contributed by atoms with van der Waals surface area (Å²) in [5.74, 6) is 3.84. The van der Waals surface area contributed by atoms with Crippen molar-refractivity contribution in [2.24, 2.45) is 5.92 Å². The van der Waals surface area contributed by atoms with E-state index in [0.29, 0.717) is 22.8 Å². The van der Waals surface area contributed by atoms with Gasteiger partial charge < -0.3 is 9.47 Å². The molecular formula is C20H27N5O3. The second-order valence-electron chi connectivity index (χ2n) is 8.17. The minimum absolute atomic E-state index is 0.201. The van der Waals surface area contributed by atoms with Gasteiger partial charge in [0, 0.05) is 5.92 Å². The number of ether oxygens (including phenoxy) is 2. The lowest BCUT2D eigenvalue weighted by Gasteiger charge is -2.25. The molecule has 0 unspecified atom stereocenters. The molecule has 1 saturated heterocycles. The summed E-state index contributed by atoms with van der Waals surface area (Å²) < 4.78 is 13.4. The van der Waals surface area contributed by atoms with Gasteiger partial charge in [-0.15, -0.1) is 6.42 Å². The maximum Gasteiger partial charge on any atom is 0.413 e. The minimum Gasteiger partial charge on any atom is -0.444 e. The Hall–Kier alpha value is -2.66.